The largest absolute Gasteiger partial charge is 0.495 e. The third-order valence-electron chi connectivity index (χ3n) is 4.95. The molecule has 0 bridgehead atoms. The molecule has 3 aromatic rings. The number of carbonyl (C=O) groups excluding carboxylic acids is 1. The summed E-state index contributed by atoms with van der Waals surface area (Å²) in [6.45, 7) is 0. The van der Waals surface area contributed by atoms with Crippen molar-refractivity contribution in [3.05, 3.63) is 30.3 Å². The number of nitrogens with zero attached hydrogens (tertiary/aromatic N) is 2. The third-order valence-corrected chi connectivity index (χ3v) is 4.95. The lowest BCUT2D eigenvalue weighted by Gasteiger charge is -2.15. The lowest BCUT2D eigenvalue weighted by Crippen LogP contribution is -2.37. The first-order valence-corrected chi connectivity index (χ1v) is 10.0. The van der Waals surface area contributed by atoms with Gasteiger partial charge in [-0.25, -0.2) is 0 Å². The van der Waals surface area contributed by atoms with Gasteiger partial charge in [-0.3, -0.25) is 9.59 Å². The van der Waals surface area contributed by atoms with Crippen LogP contribution in [0, 0.1) is 0 Å². The molecule has 0 saturated carbocycles. The molecule has 188 valence electrons. The van der Waals surface area contributed by atoms with Crippen molar-refractivity contribution in [1.29, 1.82) is 0 Å². The Morgan fingerprint density at radius 3 is 2.03 bits per heavy atom. The number of amides is 1. The van der Waals surface area contributed by atoms with E-state index in [0.29, 0.717) is 51.2 Å². The number of halogens is 1. The minimum atomic E-state index is -1.23. The smallest absolute Gasteiger partial charge is 0.305 e. The average molecular weight is 508 g/mol. The van der Waals surface area contributed by atoms with Crippen molar-refractivity contribution in [2.24, 2.45) is 5.73 Å². The van der Waals surface area contributed by atoms with Crippen LogP contribution in [-0.2, 0) is 9.59 Å². The van der Waals surface area contributed by atoms with Crippen LogP contribution in [0.25, 0.3) is 22.5 Å². The van der Waals surface area contributed by atoms with Gasteiger partial charge < -0.3 is 35.1 Å². The summed E-state index contributed by atoms with van der Waals surface area (Å²) in [5.41, 5.74) is 8.17. The average Bonchev–Trinajstić information content (AvgIpc) is 3.32. The summed E-state index contributed by atoms with van der Waals surface area (Å²) in [7, 11) is 5.98. The molecular formula is C22H26ClN5O7. The number of aliphatic carboxylic acids is 1. The fraction of sp³-hybridized carbons (Fsp3) is 0.273. The van der Waals surface area contributed by atoms with E-state index >= 15 is 0 Å². The van der Waals surface area contributed by atoms with E-state index in [1.165, 1.54) is 28.4 Å². The number of carboxylic acid groups (broad SMARTS) is 1. The van der Waals surface area contributed by atoms with Gasteiger partial charge in [-0.2, -0.15) is 15.4 Å². The van der Waals surface area contributed by atoms with Crippen LogP contribution < -0.4 is 30.0 Å². The second-order valence-electron chi connectivity index (χ2n) is 7.04. The molecule has 1 amide bonds. The second kappa shape index (κ2) is 11.9. The fourth-order valence-electron chi connectivity index (χ4n) is 3.31. The van der Waals surface area contributed by atoms with E-state index in [-0.39, 0.29) is 12.4 Å². The highest BCUT2D eigenvalue weighted by molar-refractivity contribution is 5.98. The number of nitrogens with two attached hydrogens (primary N) is 1. The highest BCUT2D eigenvalue weighted by Crippen LogP contribution is 2.42. The molecule has 1 unspecified atom stereocenters. The number of H-pyrrole nitrogens is 1. The molecule has 1 aromatic heterocycles. The Labute approximate surface area is 207 Å². The number of methoxy groups -OCH3 is 4. The van der Waals surface area contributed by atoms with E-state index in [1.807, 2.05) is 0 Å². The number of rotatable bonds is 10. The molecule has 13 heteroatoms. The Morgan fingerprint density at radius 2 is 1.51 bits per heavy atom. The summed E-state index contributed by atoms with van der Waals surface area (Å²) in [6.07, 6.45) is -0.511. The molecule has 0 aliphatic rings. The molecule has 5 N–H and O–H groups in total. The molecule has 3 rings (SSSR count). The summed E-state index contributed by atoms with van der Waals surface area (Å²) in [5.74, 6) is -0.158. The molecule has 2 aromatic carbocycles. The highest BCUT2D eigenvalue weighted by Gasteiger charge is 2.22. The molecule has 1 atom stereocenters. The first-order valence-electron chi connectivity index (χ1n) is 10.0. The minimum Gasteiger partial charge on any atom is -0.495 e. The van der Waals surface area contributed by atoms with Crippen molar-refractivity contribution in [2.45, 2.75) is 12.5 Å². The van der Waals surface area contributed by atoms with Crippen LogP contribution in [-0.4, -0.2) is 66.9 Å². The molecule has 0 radical (unpaired) electrons. The number of ether oxygens (including phenoxy) is 4. The lowest BCUT2D eigenvalue weighted by atomic mass is 10.0. The molecule has 35 heavy (non-hydrogen) atoms. The number of hydrogen-bond donors (Lipinski definition) is 4. The summed E-state index contributed by atoms with van der Waals surface area (Å²) < 4.78 is 21.5. The maximum atomic E-state index is 12.4. The zero-order valence-corrected chi connectivity index (χ0v) is 20.3. The quantitative estimate of drug-likeness (QED) is 0.319. The number of carboxylic acids is 1. The SMILES string of the molecule is COc1ccc(-c2n[nH]nc2-c2cc(OC)c(OC)c(OC)c2)cc1NC(=O)C(N)CC(=O)O.Cl. The van der Waals surface area contributed by atoms with Crippen molar-refractivity contribution in [3.63, 3.8) is 0 Å². The fourth-order valence-corrected chi connectivity index (χ4v) is 3.31. The van der Waals surface area contributed by atoms with Gasteiger partial charge in [-0.1, -0.05) is 0 Å². The number of benzene rings is 2. The number of carbonyl (C=O) groups is 2. The van der Waals surface area contributed by atoms with Gasteiger partial charge in [0.05, 0.1) is 46.6 Å². The number of aromatic amines is 1. The molecule has 0 aliphatic heterocycles. The molecule has 0 aliphatic carbocycles. The third kappa shape index (κ3) is 5.91. The molecule has 1 heterocycles. The number of anilines is 1. The van der Waals surface area contributed by atoms with Crippen LogP contribution in [0.1, 0.15) is 6.42 Å². The van der Waals surface area contributed by atoms with E-state index in [2.05, 4.69) is 20.7 Å². The Bertz CT molecular complexity index is 1180. The van der Waals surface area contributed by atoms with E-state index in [9.17, 15) is 9.59 Å². The maximum Gasteiger partial charge on any atom is 0.305 e. The molecule has 0 spiro atoms. The monoisotopic (exact) mass is 507 g/mol. The Kier molecular flexibility index (Phi) is 9.26. The summed E-state index contributed by atoms with van der Waals surface area (Å²) in [6, 6.07) is 7.25. The van der Waals surface area contributed by atoms with Crippen molar-refractivity contribution in [3.8, 4) is 45.5 Å². The van der Waals surface area contributed by atoms with Crippen LogP contribution in [0.3, 0.4) is 0 Å². The Balaban J connectivity index is 0.00000432. The lowest BCUT2D eigenvalue weighted by molar-refractivity contribution is -0.138. The summed E-state index contributed by atoms with van der Waals surface area (Å²) in [4.78, 5) is 23.2. The van der Waals surface area contributed by atoms with Gasteiger partial charge in [0, 0.05) is 11.1 Å². The van der Waals surface area contributed by atoms with Gasteiger partial charge in [0.15, 0.2) is 11.5 Å². The zero-order valence-electron chi connectivity index (χ0n) is 19.4. The van der Waals surface area contributed by atoms with E-state index in [1.54, 1.807) is 30.3 Å². The molecular weight excluding hydrogens is 482 g/mol. The van der Waals surface area contributed by atoms with Crippen molar-refractivity contribution in [1.82, 2.24) is 15.4 Å². The molecule has 0 fully saturated rings. The summed E-state index contributed by atoms with van der Waals surface area (Å²) in [5, 5.41) is 22.6. The topological polar surface area (TPSA) is 171 Å². The van der Waals surface area contributed by atoms with Crippen LogP contribution in [0.15, 0.2) is 30.3 Å². The van der Waals surface area contributed by atoms with E-state index < -0.39 is 24.3 Å². The van der Waals surface area contributed by atoms with Crippen LogP contribution in [0.4, 0.5) is 5.69 Å². The number of nitrogens with one attached hydrogen (secondary N) is 2. The van der Waals surface area contributed by atoms with Gasteiger partial charge in [0.2, 0.25) is 11.7 Å². The first kappa shape index (κ1) is 27.2. The maximum absolute atomic E-state index is 12.4. The van der Waals surface area contributed by atoms with Crippen molar-refractivity contribution >= 4 is 30.0 Å². The number of hydrogen-bond acceptors (Lipinski definition) is 9. The first-order chi connectivity index (χ1) is 16.3. The standard InChI is InChI=1S/C22H25N5O7.ClH/c1-31-15-6-5-11(7-14(15)24-22(30)13(23)10-18(28)29)19-20(26-27-25-19)12-8-16(32-2)21(34-4)17(9-12)33-3;/h5-9,13H,10,23H2,1-4H3,(H,24,30)(H,28,29)(H,25,26,27);1H. The second-order valence-corrected chi connectivity index (χ2v) is 7.04. The summed E-state index contributed by atoms with van der Waals surface area (Å²) >= 11 is 0. The predicted octanol–water partition coefficient (Wildman–Crippen LogP) is 2.34. The number of aromatic nitrogens is 3. The van der Waals surface area contributed by atoms with Crippen LogP contribution >= 0.6 is 12.4 Å². The van der Waals surface area contributed by atoms with Crippen LogP contribution in [0.2, 0.25) is 0 Å². The van der Waals surface area contributed by atoms with Gasteiger partial charge in [0.25, 0.3) is 0 Å². The Hall–Kier alpha value is -4.03. The van der Waals surface area contributed by atoms with Gasteiger partial charge in [-0.05, 0) is 30.3 Å². The van der Waals surface area contributed by atoms with Crippen molar-refractivity contribution < 1.29 is 33.6 Å². The van der Waals surface area contributed by atoms with Crippen molar-refractivity contribution in [2.75, 3.05) is 33.8 Å². The molecule has 0 saturated heterocycles. The zero-order chi connectivity index (χ0) is 24.8. The van der Waals surface area contributed by atoms with Gasteiger partial charge in [-0.15, -0.1) is 12.4 Å². The minimum absolute atomic E-state index is 0. The van der Waals surface area contributed by atoms with E-state index in [4.69, 9.17) is 29.8 Å². The van der Waals surface area contributed by atoms with Gasteiger partial charge in [0.1, 0.15) is 17.1 Å². The molecule has 12 nitrogen and oxygen atoms in total. The normalized spacial score (nSPS) is 11.1. The van der Waals surface area contributed by atoms with Crippen LogP contribution in [0.5, 0.6) is 23.0 Å². The predicted molar refractivity (Wildman–Crippen MR) is 130 cm³/mol. The Morgan fingerprint density at radius 1 is 0.943 bits per heavy atom. The van der Waals surface area contributed by atoms with Gasteiger partial charge >= 0.3 is 5.97 Å². The van der Waals surface area contributed by atoms with E-state index in [0.717, 1.165) is 0 Å². The highest BCUT2D eigenvalue weighted by atomic mass is 35.5.